The van der Waals surface area contributed by atoms with Crippen molar-refractivity contribution in [3.05, 3.63) is 23.8 Å². The summed E-state index contributed by atoms with van der Waals surface area (Å²) >= 11 is 0. The number of hydrogen-bond donors (Lipinski definition) is 2. The highest BCUT2D eigenvalue weighted by atomic mass is 127. The van der Waals surface area contributed by atoms with Gasteiger partial charge in [0.15, 0.2) is 17.5 Å². The highest BCUT2D eigenvalue weighted by molar-refractivity contribution is 14.0. The first kappa shape index (κ1) is 18.9. The Hall–Kier alpha value is -1.18. The predicted octanol–water partition coefficient (Wildman–Crippen LogP) is 2.93. The van der Waals surface area contributed by atoms with Crippen LogP contribution in [0.5, 0.6) is 11.5 Å². The molecule has 6 heteroatoms. The number of aliphatic imine (C=N–C) groups is 1. The van der Waals surface area contributed by atoms with Crippen LogP contribution in [0.3, 0.4) is 0 Å². The Morgan fingerprint density at radius 2 is 2.00 bits per heavy atom. The molecule has 2 rings (SSSR count). The zero-order chi connectivity index (χ0) is 15.1. The molecule has 1 fully saturated rings. The Bertz CT molecular complexity index is 488. The third-order valence-electron chi connectivity index (χ3n) is 3.74. The van der Waals surface area contributed by atoms with Gasteiger partial charge in [0.1, 0.15) is 0 Å². The van der Waals surface area contributed by atoms with E-state index in [4.69, 9.17) is 9.47 Å². The number of methoxy groups -OCH3 is 1. The molecule has 1 aliphatic carbocycles. The highest BCUT2D eigenvalue weighted by Crippen LogP contribution is 2.32. The van der Waals surface area contributed by atoms with E-state index in [0.29, 0.717) is 12.6 Å². The van der Waals surface area contributed by atoms with Gasteiger partial charge >= 0.3 is 0 Å². The van der Waals surface area contributed by atoms with Crippen LogP contribution in [-0.4, -0.2) is 33.3 Å². The number of guanidine groups is 1. The summed E-state index contributed by atoms with van der Waals surface area (Å²) < 4.78 is 11.5. The summed E-state index contributed by atoms with van der Waals surface area (Å²) in [5, 5.41) is 6.24. The molecule has 0 unspecified atom stereocenters. The number of nitrogens with one attached hydrogen (secondary N) is 2. The fourth-order valence-electron chi connectivity index (χ4n) is 2.57. The summed E-state index contributed by atoms with van der Waals surface area (Å²) in [5.74, 6) is 2.40. The van der Waals surface area contributed by atoms with Crippen LogP contribution in [0.15, 0.2) is 23.2 Å². The molecular weight excluding hydrogens is 393 g/mol. The normalized spacial score (nSPS) is 15.1. The molecule has 124 valence electrons. The number of nitrogens with zero attached hydrogens (tertiary/aromatic N) is 1. The van der Waals surface area contributed by atoms with E-state index in [9.17, 15) is 0 Å². The largest absolute Gasteiger partial charge is 0.493 e. The van der Waals surface area contributed by atoms with Gasteiger partial charge in [0.2, 0.25) is 0 Å². The molecule has 22 heavy (non-hydrogen) atoms. The molecule has 0 radical (unpaired) electrons. The summed E-state index contributed by atoms with van der Waals surface area (Å²) in [4.78, 5) is 4.10. The Balaban J connectivity index is 0.00000242. The second-order valence-electron chi connectivity index (χ2n) is 5.19. The van der Waals surface area contributed by atoms with Crippen molar-refractivity contribution in [2.75, 3.05) is 21.2 Å². The topological polar surface area (TPSA) is 54.9 Å². The average molecular weight is 419 g/mol. The molecular formula is C16H26IN3O2. The van der Waals surface area contributed by atoms with Crippen LogP contribution in [0, 0.1) is 0 Å². The van der Waals surface area contributed by atoms with Gasteiger partial charge in [-0.05, 0) is 43.4 Å². The van der Waals surface area contributed by atoms with E-state index in [1.807, 2.05) is 25.2 Å². The van der Waals surface area contributed by atoms with Crippen molar-refractivity contribution >= 4 is 29.9 Å². The zero-order valence-electron chi connectivity index (χ0n) is 13.5. The van der Waals surface area contributed by atoms with Crippen LogP contribution in [0.2, 0.25) is 0 Å². The maximum atomic E-state index is 6.10. The second kappa shape index (κ2) is 9.76. The molecule has 0 aliphatic heterocycles. The lowest BCUT2D eigenvalue weighted by Gasteiger charge is -2.17. The molecule has 2 N–H and O–H groups in total. The molecule has 0 heterocycles. The van der Waals surface area contributed by atoms with Gasteiger partial charge in [-0.2, -0.15) is 0 Å². The fourth-order valence-corrected chi connectivity index (χ4v) is 2.57. The molecule has 1 aliphatic rings. The van der Waals surface area contributed by atoms with Crippen LogP contribution >= 0.6 is 24.0 Å². The second-order valence-corrected chi connectivity index (χ2v) is 5.19. The van der Waals surface area contributed by atoms with Crippen molar-refractivity contribution in [2.24, 2.45) is 4.99 Å². The number of benzene rings is 1. The Morgan fingerprint density at radius 1 is 1.27 bits per heavy atom. The number of hydrogen-bond acceptors (Lipinski definition) is 3. The van der Waals surface area contributed by atoms with E-state index < -0.39 is 0 Å². The molecule has 1 aromatic rings. The molecule has 0 atom stereocenters. The monoisotopic (exact) mass is 419 g/mol. The van der Waals surface area contributed by atoms with Gasteiger partial charge in [-0.1, -0.05) is 6.07 Å². The van der Waals surface area contributed by atoms with Gasteiger partial charge in [0.25, 0.3) is 0 Å². The first-order valence-electron chi connectivity index (χ1n) is 7.48. The minimum Gasteiger partial charge on any atom is -0.493 e. The lowest BCUT2D eigenvalue weighted by Crippen LogP contribution is -2.34. The number of halogens is 1. The predicted molar refractivity (Wildman–Crippen MR) is 101 cm³/mol. The molecule has 0 bridgehead atoms. The van der Waals surface area contributed by atoms with E-state index in [0.717, 1.165) is 35.9 Å². The van der Waals surface area contributed by atoms with Gasteiger partial charge in [0.05, 0.1) is 13.2 Å². The lowest BCUT2D eigenvalue weighted by atomic mass is 10.2. The summed E-state index contributed by atoms with van der Waals surface area (Å²) in [7, 11) is 5.27. The van der Waals surface area contributed by atoms with Gasteiger partial charge in [-0.3, -0.25) is 4.99 Å². The van der Waals surface area contributed by atoms with E-state index >= 15 is 0 Å². The zero-order valence-corrected chi connectivity index (χ0v) is 15.8. The lowest BCUT2D eigenvalue weighted by molar-refractivity contribution is 0.200. The van der Waals surface area contributed by atoms with Gasteiger partial charge < -0.3 is 20.1 Å². The van der Waals surface area contributed by atoms with Crippen LogP contribution in [0.4, 0.5) is 0 Å². The van der Waals surface area contributed by atoms with Crippen LogP contribution in [-0.2, 0) is 6.54 Å². The van der Waals surface area contributed by atoms with Crippen molar-refractivity contribution < 1.29 is 9.47 Å². The maximum Gasteiger partial charge on any atom is 0.190 e. The standard InChI is InChI=1S/C16H25N3O2.HI/c1-17-16(18-2)19-11-12-8-9-14(20-3)15(10-12)21-13-6-4-5-7-13;/h8-10,13H,4-7,11H2,1-3H3,(H2,17,18,19);1H. The van der Waals surface area contributed by atoms with Crippen molar-refractivity contribution in [1.82, 2.24) is 10.6 Å². The number of rotatable bonds is 5. The quantitative estimate of drug-likeness (QED) is 0.438. The Morgan fingerprint density at radius 3 is 2.59 bits per heavy atom. The SMILES string of the molecule is CN=C(NC)NCc1ccc(OC)c(OC2CCCC2)c1.I. The van der Waals surface area contributed by atoms with Crippen molar-refractivity contribution in [1.29, 1.82) is 0 Å². The summed E-state index contributed by atoms with van der Waals surface area (Å²) in [6, 6.07) is 6.05. The minimum atomic E-state index is 0. The van der Waals surface area contributed by atoms with Crippen molar-refractivity contribution in [3.63, 3.8) is 0 Å². The van der Waals surface area contributed by atoms with E-state index in [1.54, 1.807) is 14.2 Å². The molecule has 1 aromatic carbocycles. The molecule has 0 saturated heterocycles. The highest BCUT2D eigenvalue weighted by Gasteiger charge is 2.18. The Kier molecular flexibility index (Phi) is 8.37. The first-order chi connectivity index (χ1) is 10.3. The fraction of sp³-hybridized carbons (Fsp3) is 0.562. The molecule has 0 amide bonds. The summed E-state index contributed by atoms with van der Waals surface area (Å²) in [5.41, 5.74) is 1.14. The van der Waals surface area contributed by atoms with E-state index in [2.05, 4.69) is 15.6 Å². The van der Waals surface area contributed by atoms with Gasteiger partial charge in [-0.25, -0.2) is 0 Å². The molecule has 1 saturated carbocycles. The van der Waals surface area contributed by atoms with Crippen molar-refractivity contribution in [3.8, 4) is 11.5 Å². The van der Waals surface area contributed by atoms with E-state index in [1.165, 1.54) is 12.8 Å². The van der Waals surface area contributed by atoms with Crippen LogP contribution in [0.25, 0.3) is 0 Å². The van der Waals surface area contributed by atoms with E-state index in [-0.39, 0.29) is 24.0 Å². The van der Waals surface area contributed by atoms with Crippen LogP contribution in [0.1, 0.15) is 31.2 Å². The third kappa shape index (κ3) is 5.23. The molecule has 0 spiro atoms. The summed E-state index contributed by atoms with van der Waals surface area (Å²) in [6.07, 6.45) is 5.11. The maximum absolute atomic E-state index is 6.10. The Labute approximate surface area is 149 Å². The first-order valence-corrected chi connectivity index (χ1v) is 7.48. The third-order valence-corrected chi connectivity index (χ3v) is 3.74. The van der Waals surface area contributed by atoms with Gasteiger partial charge in [0, 0.05) is 20.6 Å². The van der Waals surface area contributed by atoms with Crippen LogP contribution < -0.4 is 20.1 Å². The minimum absolute atomic E-state index is 0. The van der Waals surface area contributed by atoms with Gasteiger partial charge in [-0.15, -0.1) is 24.0 Å². The van der Waals surface area contributed by atoms with Crippen molar-refractivity contribution in [2.45, 2.75) is 38.3 Å². The summed E-state index contributed by atoms with van der Waals surface area (Å²) in [6.45, 7) is 0.693. The number of ether oxygens (including phenoxy) is 2. The smallest absolute Gasteiger partial charge is 0.190 e. The molecule has 0 aromatic heterocycles. The average Bonchev–Trinajstić information content (AvgIpc) is 3.01. The molecule has 5 nitrogen and oxygen atoms in total.